The Labute approximate surface area is 135 Å². The lowest BCUT2D eigenvalue weighted by atomic mass is 9.99. The molecule has 2 aromatic rings. The topological polar surface area (TPSA) is 63.1 Å². The average molecular weight is 322 g/mol. The Bertz CT molecular complexity index is 609. The van der Waals surface area contributed by atoms with Crippen LogP contribution in [0.2, 0.25) is 0 Å². The molecule has 0 radical (unpaired) electrons. The molecule has 1 aromatic heterocycles. The fourth-order valence-electron chi connectivity index (χ4n) is 2.41. The third kappa shape index (κ3) is 3.13. The lowest BCUT2D eigenvalue weighted by Crippen LogP contribution is -2.51. The van der Waals surface area contributed by atoms with Gasteiger partial charge in [-0.25, -0.2) is 9.67 Å². The molecule has 1 aliphatic heterocycles. The van der Waals surface area contributed by atoms with E-state index in [4.69, 9.17) is 0 Å². The van der Waals surface area contributed by atoms with E-state index < -0.39 is 0 Å². The summed E-state index contributed by atoms with van der Waals surface area (Å²) in [5, 5.41) is 7.24. The predicted molar refractivity (Wildman–Crippen MR) is 86.2 cm³/mol. The summed E-state index contributed by atoms with van der Waals surface area (Å²) in [7, 11) is 1.87. The van der Waals surface area contributed by atoms with Crippen molar-refractivity contribution in [3.63, 3.8) is 0 Å². The molecule has 118 valence electrons. The van der Waals surface area contributed by atoms with Gasteiger partial charge in [-0.2, -0.15) is 5.10 Å². The Kier molecular flexibility index (Phi) is 5.15. The maximum atomic E-state index is 12.3. The van der Waals surface area contributed by atoms with Crippen molar-refractivity contribution in [1.82, 2.24) is 25.0 Å². The fourth-order valence-corrected chi connectivity index (χ4v) is 2.41. The normalized spacial score (nSPS) is 15.5. The molecule has 1 atom stereocenters. The Morgan fingerprint density at radius 2 is 2.05 bits per heavy atom. The number of nitrogens with one attached hydrogen (secondary N) is 1. The molecule has 1 saturated heterocycles. The maximum Gasteiger partial charge on any atom is 0.228 e. The van der Waals surface area contributed by atoms with Crippen molar-refractivity contribution in [1.29, 1.82) is 0 Å². The molecule has 0 bridgehead atoms. The zero-order valence-electron chi connectivity index (χ0n) is 12.6. The highest BCUT2D eigenvalue weighted by Gasteiger charge is 2.29. The molecule has 6 nitrogen and oxygen atoms in total. The van der Waals surface area contributed by atoms with Gasteiger partial charge in [0.15, 0.2) is 0 Å². The van der Waals surface area contributed by atoms with Crippen LogP contribution in [0.25, 0.3) is 5.69 Å². The molecule has 1 fully saturated rings. The Balaban J connectivity index is 0.00000176. The summed E-state index contributed by atoms with van der Waals surface area (Å²) in [6.07, 6.45) is 3.17. The van der Waals surface area contributed by atoms with Crippen LogP contribution in [-0.4, -0.2) is 45.7 Å². The average Bonchev–Trinajstić information content (AvgIpc) is 2.98. The van der Waals surface area contributed by atoms with Crippen molar-refractivity contribution in [2.24, 2.45) is 5.92 Å². The van der Waals surface area contributed by atoms with E-state index >= 15 is 0 Å². The highest BCUT2D eigenvalue weighted by atomic mass is 35.5. The molecule has 0 aliphatic carbocycles. The summed E-state index contributed by atoms with van der Waals surface area (Å²) in [6.45, 7) is 3.64. The summed E-state index contributed by atoms with van der Waals surface area (Å²) in [4.78, 5) is 18.0. The minimum atomic E-state index is 0. The van der Waals surface area contributed by atoms with E-state index in [1.54, 1.807) is 11.0 Å². The SMILES string of the molecule is CC(c1ccc(-n2cncn2)cc1)N(C)C(=O)C1CNC1.Cl. The predicted octanol–water partition coefficient (Wildman–Crippen LogP) is 1.43. The fraction of sp³-hybridized carbons (Fsp3) is 0.400. The molecule has 2 heterocycles. The number of halogens is 1. The lowest BCUT2D eigenvalue weighted by Gasteiger charge is -2.33. The van der Waals surface area contributed by atoms with Gasteiger partial charge in [-0.15, -0.1) is 12.4 Å². The minimum Gasteiger partial charge on any atom is -0.339 e. The van der Waals surface area contributed by atoms with Crippen LogP contribution in [0.5, 0.6) is 0 Å². The summed E-state index contributed by atoms with van der Waals surface area (Å²) >= 11 is 0. The number of rotatable bonds is 4. The largest absolute Gasteiger partial charge is 0.339 e. The van der Waals surface area contributed by atoms with Crippen LogP contribution in [0.4, 0.5) is 0 Å². The van der Waals surface area contributed by atoms with Crippen LogP contribution < -0.4 is 5.32 Å². The van der Waals surface area contributed by atoms with Crippen LogP contribution >= 0.6 is 12.4 Å². The van der Waals surface area contributed by atoms with Gasteiger partial charge in [-0.3, -0.25) is 4.79 Å². The van der Waals surface area contributed by atoms with Crippen molar-refractivity contribution in [2.75, 3.05) is 20.1 Å². The Hall–Kier alpha value is -1.92. The highest BCUT2D eigenvalue weighted by molar-refractivity contribution is 5.85. The molecule has 7 heteroatoms. The van der Waals surface area contributed by atoms with E-state index in [0.29, 0.717) is 0 Å². The van der Waals surface area contributed by atoms with Gasteiger partial charge < -0.3 is 10.2 Å². The summed E-state index contributed by atoms with van der Waals surface area (Å²) < 4.78 is 1.71. The zero-order valence-corrected chi connectivity index (χ0v) is 13.5. The summed E-state index contributed by atoms with van der Waals surface area (Å²) in [5.74, 6) is 0.341. The standard InChI is InChI=1S/C15H19N5O.ClH/c1-11(19(2)15(21)13-7-16-8-13)12-3-5-14(6-4-12)20-10-17-9-18-20;/h3-6,9-11,13,16H,7-8H2,1-2H3;1H. The first kappa shape index (κ1) is 16.5. The number of nitrogens with zero attached hydrogens (tertiary/aromatic N) is 4. The van der Waals surface area contributed by atoms with Gasteiger partial charge in [-0.1, -0.05) is 12.1 Å². The van der Waals surface area contributed by atoms with Crippen molar-refractivity contribution < 1.29 is 4.79 Å². The summed E-state index contributed by atoms with van der Waals surface area (Å²) in [6, 6.07) is 8.10. The molecular formula is C15H20ClN5O. The first-order chi connectivity index (χ1) is 10.2. The number of carbonyl (C=O) groups excluding carboxylic acids is 1. The highest BCUT2D eigenvalue weighted by Crippen LogP contribution is 2.22. The second-order valence-corrected chi connectivity index (χ2v) is 5.41. The molecular weight excluding hydrogens is 302 g/mol. The number of carbonyl (C=O) groups is 1. The molecule has 1 unspecified atom stereocenters. The second-order valence-electron chi connectivity index (χ2n) is 5.41. The molecule has 0 spiro atoms. The molecule has 1 aromatic carbocycles. The second kappa shape index (κ2) is 6.89. The Morgan fingerprint density at radius 3 is 2.55 bits per heavy atom. The van der Waals surface area contributed by atoms with Crippen molar-refractivity contribution in [2.45, 2.75) is 13.0 Å². The zero-order chi connectivity index (χ0) is 14.8. The molecule has 1 amide bonds. The minimum absolute atomic E-state index is 0. The molecule has 1 aliphatic rings. The van der Waals surface area contributed by atoms with Crippen LogP contribution in [0, 0.1) is 5.92 Å². The molecule has 0 saturated carbocycles. The van der Waals surface area contributed by atoms with Crippen LogP contribution in [0.1, 0.15) is 18.5 Å². The van der Waals surface area contributed by atoms with Gasteiger partial charge in [0, 0.05) is 20.1 Å². The molecule has 1 N–H and O–H groups in total. The van der Waals surface area contributed by atoms with E-state index in [2.05, 4.69) is 22.3 Å². The third-order valence-electron chi connectivity index (χ3n) is 4.12. The lowest BCUT2D eigenvalue weighted by molar-refractivity contribution is -0.137. The quantitative estimate of drug-likeness (QED) is 0.925. The summed E-state index contributed by atoms with van der Waals surface area (Å²) in [5.41, 5.74) is 2.07. The number of amides is 1. The first-order valence-electron chi connectivity index (χ1n) is 7.09. The monoisotopic (exact) mass is 321 g/mol. The number of hydrogen-bond acceptors (Lipinski definition) is 4. The van der Waals surface area contributed by atoms with Gasteiger partial charge in [0.2, 0.25) is 5.91 Å². The van der Waals surface area contributed by atoms with Gasteiger partial charge in [0.25, 0.3) is 0 Å². The first-order valence-corrected chi connectivity index (χ1v) is 7.09. The van der Waals surface area contributed by atoms with Gasteiger partial charge in [0.1, 0.15) is 12.7 Å². The smallest absolute Gasteiger partial charge is 0.228 e. The third-order valence-corrected chi connectivity index (χ3v) is 4.12. The van der Waals surface area contributed by atoms with E-state index in [0.717, 1.165) is 24.3 Å². The van der Waals surface area contributed by atoms with Gasteiger partial charge in [0.05, 0.1) is 17.6 Å². The Morgan fingerprint density at radius 1 is 1.36 bits per heavy atom. The van der Waals surface area contributed by atoms with E-state index in [9.17, 15) is 4.79 Å². The number of benzene rings is 1. The number of hydrogen-bond donors (Lipinski definition) is 1. The molecule has 3 rings (SSSR count). The van der Waals surface area contributed by atoms with E-state index in [1.807, 2.05) is 36.2 Å². The van der Waals surface area contributed by atoms with Crippen molar-refractivity contribution in [3.05, 3.63) is 42.5 Å². The van der Waals surface area contributed by atoms with Crippen LogP contribution in [0.15, 0.2) is 36.9 Å². The van der Waals surface area contributed by atoms with Gasteiger partial charge >= 0.3 is 0 Å². The van der Waals surface area contributed by atoms with Crippen molar-refractivity contribution >= 4 is 18.3 Å². The van der Waals surface area contributed by atoms with Gasteiger partial charge in [-0.05, 0) is 24.6 Å². The number of aromatic nitrogens is 3. The van der Waals surface area contributed by atoms with E-state index in [-0.39, 0.29) is 30.3 Å². The van der Waals surface area contributed by atoms with Crippen LogP contribution in [-0.2, 0) is 4.79 Å². The van der Waals surface area contributed by atoms with Crippen LogP contribution in [0.3, 0.4) is 0 Å². The van der Waals surface area contributed by atoms with Crippen molar-refractivity contribution in [3.8, 4) is 5.69 Å². The maximum absolute atomic E-state index is 12.3. The molecule has 22 heavy (non-hydrogen) atoms. The van der Waals surface area contributed by atoms with E-state index in [1.165, 1.54) is 6.33 Å².